The molecule has 2 aliphatic rings. The highest BCUT2D eigenvalue weighted by atomic mass is 16.3. The van der Waals surface area contributed by atoms with Crippen molar-refractivity contribution < 1.29 is 14.7 Å². The molecule has 0 saturated carbocycles. The van der Waals surface area contributed by atoms with Gasteiger partial charge in [-0.15, -0.1) is 0 Å². The van der Waals surface area contributed by atoms with Gasteiger partial charge < -0.3 is 26.0 Å². The van der Waals surface area contributed by atoms with E-state index in [9.17, 15) is 14.7 Å². The molecule has 8 nitrogen and oxygen atoms in total. The van der Waals surface area contributed by atoms with E-state index in [-0.39, 0.29) is 5.91 Å². The minimum atomic E-state index is -0.790. The second-order valence-electron chi connectivity index (χ2n) is 7.48. The normalized spacial score (nSPS) is 23.9. The molecule has 2 atom stereocenters. The van der Waals surface area contributed by atoms with Gasteiger partial charge in [-0.2, -0.15) is 0 Å². The predicted molar refractivity (Wildman–Crippen MR) is 112 cm³/mol. The van der Waals surface area contributed by atoms with Crippen LogP contribution in [0.5, 0.6) is 0 Å². The first-order chi connectivity index (χ1) is 14.1. The van der Waals surface area contributed by atoms with Crippen molar-refractivity contribution in [1.82, 2.24) is 15.3 Å². The number of nitrogens with one attached hydrogen (secondary N) is 2. The number of pyridine rings is 1. The Morgan fingerprint density at radius 1 is 1.34 bits per heavy atom. The number of hydrogen-bond donors (Lipinski definition) is 4. The molecular formula is C21H25N5O3. The Balaban J connectivity index is 0.000000994. The number of nitrogens with zero attached hydrogens (tertiary/aromatic N) is 2. The zero-order chi connectivity index (χ0) is 20.6. The lowest BCUT2D eigenvalue weighted by molar-refractivity contribution is -0.131. The Bertz CT molecular complexity index is 1080. The number of aliphatic hydroxyl groups excluding tert-OH is 1. The van der Waals surface area contributed by atoms with Gasteiger partial charge in [0.15, 0.2) is 6.29 Å². The number of anilines is 1. The molecule has 3 aromatic rings. The van der Waals surface area contributed by atoms with Gasteiger partial charge in [0.05, 0.1) is 28.0 Å². The molecule has 1 aromatic carbocycles. The van der Waals surface area contributed by atoms with Gasteiger partial charge in [-0.3, -0.25) is 9.59 Å². The zero-order valence-electron chi connectivity index (χ0n) is 16.3. The van der Waals surface area contributed by atoms with Gasteiger partial charge >= 0.3 is 0 Å². The molecule has 8 heteroatoms. The summed E-state index contributed by atoms with van der Waals surface area (Å²) < 4.78 is 0. The Morgan fingerprint density at radius 3 is 2.86 bits per heavy atom. The van der Waals surface area contributed by atoms with E-state index >= 15 is 0 Å². The van der Waals surface area contributed by atoms with Crippen LogP contribution in [0.2, 0.25) is 0 Å². The molecule has 152 valence electrons. The van der Waals surface area contributed by atoms with Gasteiger partial charge in [0.1, 0.15) is 5.82 Å². The Hall–Kier alpha value is -2.97. The summed E-state index contributed by atoms with van der Waals surface area (Å²) in [7, 11) is 1.50. The number of aldehydes is 1. The second kappa shape index (κ2) is 7.46. The molecule has 0 aliphatic carbocycles. The summed E-state index contributed by atoms with van der Waals surface area (Å²) in [6.45, 7) is 1.47. The minimum Gasteiger partial charge on any atom is -0.390 e. The van der Waals surface area contributed by atoms with Crippen LogP contribution >= 0.6 is 0 Å². The maximum absolute atomic E-state index is 12.5. The molecule has 0 radical (unpaired) electrons. The summed E-state index contributed by atoms with van der Waals surface area (Å²) in [4.78, 5) is 34.0. The van der Waals surface area contributed by atoms with Crippen LogP contribution in [-0.2, 0) is 4.79 Å². The number of hydrogen-bond acceptors (Lipinski definition) is 6. The number of β-amino-alcohol motifs (C(OH)–C–C–N with tert-alkyl or cyclic N) is 1. The molecule has 2 aliphatic heterocycles. The standard InChI is InChI=1S/C20H20N4O3.CH5N/c25-10-12-8-21-18(16-13-4-1-2-5-14(13)23-17(12)16)24-7-3-6-20(11-24)15(26)9-22-19(20)27;1-2/h1-2,4-5,8,10,15,23,26H,3,6-7,9,11H2,(H,22,27);2H2,1H3/t15?,20-;/m0./s1. The van der Waals surface area contributed by atoms with E-state index in [0.29, 0.717) is 25.1 Å². The summed E-state index contributed by atoms with van der Waals surface area (Å²) in [5, 5.41) is 15.2. The SMILES string of the molecule is CN.O=Cc1cnc(N2CCC[C@@]3(C2)C(=O)NCC3O)c2c1[nH]c1ccccc12. The van der Waals surface area contributed by atoms with Crippen LogP contribution in [0.15, 0.2) is 30.5 Å². The van der Waals surface area contributed by atoms with Crippen molar-refractivity contribution >= 4 is 39.8 Å². The summed E-state index contributed by atoms with van der Waals surface area (Å²) in [6, 6.07) is 7.88. The third kappa shape index (κ3) is 2.87. The quantitative estimate of drug-likeness (QED) is 0.483. The van der Waals surface area contributed by atoms with Gasteiger partial charge in [0.2, 0.25) is 5.91 Å². The Kier molecular flexibility index (Phi) is 4.97. The summed E-state index contributed by atoms with van der Waals surface area (Å²) >= 11 is 0. The lowest BCUT2D eigenvalue weighted by Crippen LogP contribution is -2.52. The Morgan fingerprint density at radius 2 is 2.14 bits per heavy atom. The smallest absolute Gasteiger partial charge is 0.230 e. The number of benzene rings is 1. The Labute approximate surface area is 168 Å². The first-order valence-corrected chi connectivity index (χ1v) is 9.78. The fraction of sp³-hybridized carbons (Fsp3) is 0.381. The molecule has 0 bridgehead atoms. The van der Waals surface area contributed by atoms with Crippen molar-refractivity contribution in [2.75, 3.05) is 31.6 Å². The zero-order valence-corrected chi connectivity index (χ0v) is 16.3. The van der Waals surface area contributed by atoms with E-state index < -0.39 is 11.5 Å². The molecule has 2 saturated heterocycles. The van der Waals surface area contributed by atoms with E-state index in [0.717, 1.165) is 46.9 Å². The van der Waals surface area contributed by atoms with Crippen LogP contribution in [-0.4, -0.2) is 60.1 Å². The van der Waals surface area contributed by atoms with E-state index in [1.807, 2.05) is 24.3 Å². The van der Waals surface area contributed by atoms with Gasteiger partial charge in [-0.05, 0) is 26.0 Å². The molecular weight excluding hydrogens is 370 g/mol. The van der Waals surface area contributed by atoms with Crippen molar-refractivity contribution in [3.8, 4) is 0 Å². The topological polar surface area (TPSA) is 124 Å². The first-order valence-electron chi connectivity index (χ1n) is 9.78. The molecule has 4 heterocycles. The molecule has 5 rings (SSSR count). The van der Waals surface area contributed by atoms with E-state index in [2.05, 4.69) is 25.9 Å². The largest absolute Gasteiger partial charge is 0.390 e. The van der Waals surface area contributed by atoms with Crippen LogP contribution in [0, 0.1) is 5.41 Å². The fourth-order valence-corrected chi connectivity index (χ4v) is 4.61. The van der Waals surface area contributed by atoms with Crippen LogP contribution in [0.1, 0.15) is 23.2 Å². The molecule has 29 heavy (non-hydrogen) atoms. The van der Waals surface area contributed by atoms with Crippen molar-refractivity contribution in [1.29, 1.82) is 0 Å². The van der Waals surface area contributed by atoms with Crippen molar-refractivity contribution in [3.63, 3.8) is 0 Å². The van der Waals surface area contributed by atoms with Gasteiger partial charge in [-0.1, -0.05) is 18.2 Å². The van der Waals surface area contributed by atoms with E-state index in [1.54, 1.807) is 6.20 Å². The van der Waals surface area contributed by atoms with Crippen molar-refractivity contribution in [3.05, 3.63) is 36.0 Å². The first kappa shape index (κ1) is 19.4. The summed E-state index contributed by atoms with van der Waals surface area (Å²) in [6.07, 6.45) is 3.15. The third-order valence-corrected chi connectivity index (χ3v) is 6.04. The number of aromatic amines is 1. The molecule has 1 unspecified atom stereocenters. The highest BCUT2D eigenvalue weighted by Gasteiger charge is 2.52. The predicted octanol–water partition coefficient (Wildman–Crippen LogP) is 1.18. The number of carbonyl (C=O) groups is 2. The number of aliphatic hydroxyl groups is 1. The maximum atomic E-state index is 12.5. The van der Waals surface area contributed by atoms with Crippen LogP contribution < -0.4 is 16.0 Å². The highest BCUT2D eigenvalue weighted by molar-refractivity contribution is 6.16. The van der Waals surface area contributed by atoms with Gasteiger partial charge in [-0.25, -0.2) is 4.98 Å². The number of carbonyl (C=O) groups excluding carboxylic acids is 2. The van der Waals surface area contributed by atoms with Gasteiger partial charge in [0, 0.05) is 36.7 Å². The molecule has 1 spiro atoms. The minimum absolute atomic E-state index is 0.0839. The highest BCUT2D eigenvalue weighted by Crippen LogP contribution is 2.41. The van der Waals surface area contributed by atoms with E-state index in [1.165, 1.54) is 7.05 Å². The average molecular weight is 395 g/mol. The number of aromatic nitrogens is 2. The number of para-hydroxylation sites is 1. The maximum Gasteiger partial charge on any atom is 0.230 e. The number of fused-ring (bicyclic) bond motifs is 3. The van der Waals surface area contributed by atoms with Gasteiger partial charge in [0.25, 0.3) is 0 Å². The monoisotopic (exact) mass is 395 g/mol. The number of rotatable bonds is 2. The summed E-state index contributed by atoms with van der Waals surface area (Å²) in [5.41, 5.74) is 5.92. The van der Waals surface area contributed by atoms with Crippen LogP contribution in [0.4, 0.5) is 5.82 Å². The molecule has 1 amide bonds. The fourth-order valence-electron chi connectivity index (χ4n) is 4.61. The number of H-pyrrole nitrogens is 1. The number of piperidine rings is 1. The summed E-state index contributed by atoms with van der Waals surface area (Å²) in [5.74, 6) is 0.665. The van der Waals surface area contributed by atoms with Crippen LogP contribution in [0.3, 0.4) is 0 Å². The average Bonchev–Trinajstić information content (AvgIpc) is 3.28. The number of nitrogens with two attached hydrogens (primary N) is 1. The van der Waals surface area contributed by atoms with Crippen LogP contribution in [0.25, 0.3) is 21.8 Å². The van der Waals surface area contributed by atoms with Crippen molar-refractivity contribution in [2.24, 2.45) is 11.1 Å². The van der Waals surface area contributed by atoms with E-state index in [4.69, 9.17) is 0 Å². The van der Waals surface area contributed by atoms with Crippen molar-refractivity contribution in [2.45, 2.75) is 18.9 Å². The number of amides is 1. The molecule has 2 aromatic heterocycles. The lowest BCUT2D eigenvalue weighted by atomic mass is 9.76. The molecule has 5 N–H and O–H groups in total. The lowest BCUT2D eigenvalue weighted by Gasteiger charge is -2.41. The second-order valence-corrected chi connectivity index (χ2v) is 7.48. The molecule has 2 fully saturated rings. The third-order valence-electron chi connectivity index (χ3n) is 6.04.